The molecule has 1 aliphatic rings. The highest BCUT2D eigenvalue weighted by atomic mass is 16.4. The molecule has 2 N–H and O–H groups in total. The zero-order valence-corrected chi connectivity index (χ0v) is 11.0. The zero-order valence-electron chi connectivity index (χ0n) is 11.0. The van der Waals surface area contributed by atoms with Gasteiger partial charge in [-0.05, 0) is 25.7 Å². The van der Waals surface area contributed by atoms with Crippen LogP contribution in [0.2, 0.25) is 0 Å². The monoisotopic (exact) mass is 251 g/mol. The highest BCUT2D eigenvalue weighted by Crippen LogP contribution is 2.38. The molecule has 0 aromatic rings. The first-order valence-corrected chi connectivity index (χ1v) is 6.50. The van der Waals surface area contributed by atoms with Gasteiger partial charge in [-0.15, -0.1) is 11.8 Å². The molecule has 1 fully saturated rings. The van der Waals surface area contributed by atoms with E-state index in [2.05, 4.69) is 17.2 Å². The summed E-state index contributed by atoms with van der Waals surface area (Å²) < 4.78 is 0. The van der Waals surface area contributed by atoms with Gasteiger partial charge >= 0.3 is 5.97 Å². The van der Waals surface area contributed by atoms with Crippen LogP contribution in [0.1, 0.15) is 39.5 Å². The van der Waals surface area contributed by atoms with Crippen LogP contribution in [0.3, 0.4) is 0 Å². The molecule has 0 radical (unpaired) electrons. The zero-order chi connectivity index (χ0) is 13.5. The Labute approximate surface area is 108 Å². The summed E-state index contributed by atoms with van der Waals surface area (Å²) in [6.07, 6.45) is 2.87. The second-order valence-corrected chi connectivity index (χ2v) is 4.76. The van der Waals surface area contributed by atoms with Crippen LogP contribution in [-0.2, 0) is 9.59 Å². The van der Waals surface area contributed by atoms with Crippen LogP contribution in [0.15, 0.2) is 0 Å². The molecule has 1 rings (SSSR count). The lowest BCUT2D eigenvalue weighted by Gasteiger charge is -2.14. The van der Waals surface area contributed by atoms with E-state index in [1.54, 1.807) is 6.92 Å². The molecule has 0 bridgehead atoms. The fourth-order valence-electron chi connectivity index (χ4n) is 2.54. The lowest BCUT2D eigenvalue weighted by atomic mass is 9.95. The van der Waals surface area contributed by atoms with Crippen LogP contribution in [-0.4, -0.2) is 23.5 Å². The van der Waals surface area contributed by atoms with Gasteiger partial charge in [0.1, 0.15) is 0 Å². The van der Waals surface area contributed by atoms with Gasteiger partial charge in [0, 0.05) is 13.0 Å². The molecule has 3 atom stereocenters. The second kappa shape index (κ2) is 7.05. The van der Waals surface area contributed by atoms with Gasteiger partial charge in [0.15, 0.2) is 0 Å². The Morgan fingerprint density at radius 3 is 2.56 bits per heavy atom. The van der Waals surface area contributed by atoms with Crippen molar-refractivity contribution in [2.45, 2.75) is 39.5 Å². The summed E-state index contributed by atoms with van der Waals surface area (Å²) in [5, 5.41) is 11.9. The summed E-state index contributed by atoms with van der Waals surface area (Å²) in [6.45, 7) is 4.30. The van der Waals surface area contributed by atoms with E-state index >= 15 is 0 Å². The second-order valence-electron chi connectivity index (χ2n) is 4.76. The molecule has 0 aromatic heterocycles. The highest BCUT2D eigenvalue weighted by molar-refractivity contribution is 5.85. The fourth-order valence-corrected chi connectivity index (χ4v) is 2.54. The Hall–Kier alpha value is -1.50. The van der Waals surface area contributed by atoms with Gasteiger partial charge in [-0.2, -0.15) is 0 Å². The van der Waals surface area contributed by atoms with E-state index in [-0.39, 0.29) is 11.8 Å². The minimum atomic E-state index is -0.848. The maximum atomic E-state index is 12.0. The summed E-state index contributed by atoms with van der Waals surface area (Å²) in [6, 6.07) is 0. The minimum Gasteiger partial charge on any atom is -0.481 e. The standard InChI is InChI=1S/C14H21NO3/c1-3-5-6-7-15-13(16)11-8-10(4-2)9-12(11)14(17)18/h10-12H,4,6-9H2,1-2H3,(H,15,16)(H,17,18). The summed E-state index contributed by atoms with van der Waals surface area (Å²) in [5.74, 6) is 4.11. The number of hydrogen-bond donors (Lipinski definition) is 2. The average Bonchev–Trinajstić information content (AvgIpc) is 2.78. The first kappa shape index (κ1) is 14.6. The largest absolute Gasteiger partial charge is 0.481 e. The Kier molecular flexibility index (Phi) is 5.70. The third-order valence-corrected chi connectivity index (χ3v) is 3.62. The maximum Gasteiger partial charge on any atom is 0.307 e. The Morgan fingerprint density at radius 2 is 2.00 bits per heavy atom. The van der Waals surface area contributed by atoms with Crippen LogP contribution in [0.5, 0.6) is 0 Å². The Morgan fingerprint density at radius 1 is 1.33 bits per heavy atom. The number of hydrogen-bond acceptors (Lipinski definition) is 2. The van der Waals surface area contributed by atoms with Crippen molar-refractivity contribution in [1.82, 2.24) is 5.32 Å². The molecule has 0 saturated heterocycles. The van der Waals surface area contributed by atoms with Gasteiger partial charge in [-0.1, -0.05) is 13.3 Å². The molecule has 0 spiro atoms. The van der Waals surface area contributed by atoms with E-state index in [4.69, 9.17) is 5.11 Å². The maximum absolute atomic E-state index is 12.0. The van der Waals surface area contributed by atoms with E-state index in [1.165, 1.54) is 0 Å². The lowest BCUT2D eigenvalue weighted by molar-refractivity contribution is -0.146. The van der Waals surface area contributed by atoms with Crippen molar-refractivity contribution < 1.29 is 14.7 Å². The SMILES string of the molecule is CC#CCCNC(=O)C1CC(CC)CC1C(=O)O. The van der Waals surface area contributed by atoms with E-state index < -0.39 is 11.9 Å². The highest BCUT2D eigenvalue weighted by Gasteiger charge is 2.41. The molecule has 1 saturated carbocycles. The summed E-state index contributed by atoms with van der Waals surface area (Å²) >= 11 is 0. The van der Waals surface area contributed by atoms with Gasteiger partial charge in [0.25, 0.3) is 0 Å². The summed E-state index contributed by atoms with van der Waals surface area (Å²) in [4.78, 5) is 23.1. The third kappa shape index (κ3) is 3.76. The molecular weight excluding hydrogens is 230 g/mol. The predicted octanol–water partition coefficient (Wildman–Crippen LogP) is 1.65. The van der Waals surface area contributed by atoms with Gasteiger partial charge < -0.3 is 10.4 Å². The quantitative estimate of drug-likeness (QED) is 0.577. The number of amides is 1. The molecule has 3 unspecified atom stereocenters. The molecule has 100 valence electrons. The van der Waals surface area contributed by atoms with E-state index in [1.807, 2.05) is 6.92 Å². The molecule has 0 aliphatic heterocycles. The lowest BCUT2D eigenvalue weighted by Crippen LogP contribution is -2.35. The summed E-state index contributed by atoms with van der Waals surface area (Å²) in [5.41, 5.74) is 0. The average molecular weight is 251 g/mol. The Bertz CT molecular complexity index is 367. The van der Waals surface area contributed by atoms with Crippen molar-refractivity contribution in [2.24, 2.45) is 17.8 Å². The van der Waals surface area contributed by atoms with Crippen molar-refractivity contribution in [3.05, 3.63) is 0 Å². The minimum absolute atomic E-state index is 0.128. The van der Waals surface area contributed by atoms with E-state index in [0.29, 0.717) is 31.7 Å². The van der Waals surface area contributed by atoms with Crippen molar-refractivity contribution in [2.75, 3.05) is 6.54 Å². The number of carbonyl (C=O) groups excluding carboxylic acids is 1. The van der Waals surface area contributed by atoms with Crippen LogP contribution in [0, 0.1) is 29.6 Å². The number of nitrogens with one attached hydrogen (secondary N) is 1. The molecule has 4 heteroatoms. The molecular formula is C14H21NO3. The summed E-state index contributed by atoms with van der Waals surface area (Å²) in [7, 11) is 0. The first-order valence-electron chi connectivity index (χ1n) is 6.50. The number of carboxylic acids is 1. The molecule has 1 amide bonds. The van der Waals surface area contributed by atoms with E-state index in [9.17, 15) is 9.59 Å². The predicted molar refractivity (Wildman–Crippen MR) is 68.7 cm³/mol. The van der Waals surface area contributed by atoms with Crippen LogP contribution in [0.25, 0.3) is 0 Å². The molecule has 4 nitrogen and oxygen atoms in total. The van der Waals surface area contributed by atoms with Crippen molar-refractivity contribution in [1.29, 1.82) is 0 Å². The smallest absolute Gasteiger partial charge is 0.307 e. The molecule has 1 aliphatic carbocycles. The van der Waals surface area contributed by atoms with E-state index in [0.717, 1.165) is 6.42 Å². The number of aliphatic carboxylic acids is 1. The number of rotatable bonds is 5. The topological polar surface area (TPSA) is 66.4 Å². The Balaban J connectivity index is 2.53. The van der Waals surface area contributed by atoms with Crippen molar-refractivity contribution in [3.63, 3.8) is 0 Å². The van der Waals surface area contributed by atoms with Crippen LogP contribution < -0.4 is 5.32 Å². The number of carboxylic acid groups (broad SMARTS) is 1. The van der Waals surface area contributed by atoms with Gasteiger partial charge in [-0.25, -0.2) is 0 Å². The first-order chi connectivity index (χ1) is 8.60. The fraction of sp³-hybridized carbons (Fsp3) is 0.714. The molecule has 18 heavy (non-hydrogen) atoms. The third-order valence-electron chi connectivity index (χ3n) is 3.62. The van der Waals surface area contributed by atoms with Crippen molar-refractivity contribution in [3.8, 4) is 11.8 Å². The van der Waals surface area contributed by atoms with Crippen LogP contribution >= 0.6 is 0 Å². The van der Waals surface area contributed by atoms with Crippen molar-refractivity contribution >= 4 is 11.9 Å². The normalized spacial score (nSPS) is 26.2. The van der Waals surface area contributed by atoms with Gasteiger partial charge in [0.2, 0.25) is 5.91 Å². The van der Waals surface area contributed by atoms with Gasteiger partial charge in [0.05, 0.1) is 11.8 Å². The molecule has 0 aromatic carbocycles. The number of carbonyl (C=O) groups is 2. The molecule has 0 heterocycles. The van der Waals surface area contributed by atoms with Crippen LogP contribution in [0.4, 0.5) is 0 Å². The van der Waals surface area contributed by atoms with Gasteiger partial charge in [-0.3, -0.25) is 9.59 Å².